The second-order valence-electron chi connectivity index (χ2n) is 5.96. The Kier molecular flexibility index (Phi) is 3.51. The quantitative estimate of drug-likeness (QED) is 0.784. The highest BCUT2D eigenvalue weighted by Gasteiger charge is 2.31. The molecule has 2 atom stereocenters. The maximum absolute atomic E-state index is 12.3. The molecule has 1 aromatic heterocycles. The van der Waals surface area contributed by atoms with Crippen LogP contribution in [0.1, 0.15) is 23.6 Å². The SMILES string of the molecule is Cn1ccc(NC(=O)C2CC(c3ccc4c(c3)CCO4)NN2)n1. The highest BCUT2D eigenvalue weighted by Crippen LogP contribution is 2.30. The van der Waals surface area contributed by atoms with Gasteiger partial charge in [-0.2, -0.15) is 5.10 Å². The lowest BCUT2D eigenvalue weighted by Gasteiger charge is -2.11. The largest absolute Gasteiger partial charge is 0.493 e. The molecule has 4 rings (SSSR count). The van der Waals surface area contributed by atoms with E-state index in [4.69, 9.17) is 4.74 Å². The fourth-order valence-corrected chi connectivity index (χ4v) is 3.07. The molecule has 3 N–H and O–H groups in total. The van der Waals surface area contributed by atoms with Crippen LogP contribution in [0.25, 0.3) is 0 Å². The van der Waals surface area contributed by atoms with E-state index in [1.165, 1.54) is 11.1 Å². The Morgan fingerprint density at radius 2 is 2.30 bits per heavy atom. The summed E-state index contributed by atoms with van der Waals surface area (Å²) in [5, 5.41) is 6.99. The molecule has 0 bridgehead atoms. The summed E-state index contributed by atoms with van der Waals surface area (Å²) in [7, 11) is 1.82. The number of nitrogens with zero attached hydrogens (tertiary/aromatic N) is 2. The van der Waals surface area contributed by atoms with Crippen LogP contribution in [0.3, 0.4) is 0 Å². The fraction of sp³-hybridized carbons (Fsp3) is 0.375. The van der Waals surface area contributed by atoms with E-state index in [1.54, 1.807) is 16.9 Å². The molecular weight excluding hydrogens is 294 g/mol. The number of aromatic nitrogens is 2. The predicted molar refractivity (Wildman–Crippen MR) is 84.9 cm³/mol. The number of ether oxygens (including phenoxy) is 1. The van der Waals surface area contributed by atoms with E-state index in [9.17, 15) is 4.79 Å². The van der Waals surface area contributed by atoms with Gasteiger partial charge in [-0.25, -0.2) is 10.9 Å². The van der Waals surface area contributed by atoms with Crippen LogP contribution in [0.2, 0.25) is 0 Å². The number of nitrogens with one attached hydrogen (secondary N) is 3. The van der Waals surface area contributed by atoms with E-state index in [0.29, 0.717) is 12.2 Å². The molecular formula is C16H19N5O2. The van der Waals surface area contributed by atoms with Gasteiger partial charge in [0.2, 0.25) is 5.91 Å². The summed E-state index contributed by atoms with van der Waals surface area (Å²) in [4.78, 5) is 12.3. The third kappa shape index (κ3) is 2.80. The molecule has 0 aliphatic carbocycles. The third-order valence-electron chi connectivity index (χ3n) is 4.30. The van der Waals surface area contributed by atoms with Crippen molar-refractivity contribution >= 4 is 11.7 Å². The molecule has 7 heteroatoms. The molecule has 2 unspecified atom stereocenters. The van der Waals surface area contributed by atoms with Crippen LogP contribution in [0.4, 0.5) is 5.82 Å². The van der Waals surface area contributed by atoms with Gasteiger partial charge in [0.25, 0.3) is 0 Å². The molecule has 2 aliphatic heterocycles. The Hall–Kier alpha value is -2.38. The van der Waals surface area contributed by atoms with E-state index in [2.05, 4.69) is 33.4 Å². The summed E-state index contributed by atoms with van der Waals surface area (Å²) < 4.78 is 7.19. The first-order chi connectivity index (χ1) is 11.2. The number of anilines is 1. The number of hydrogen-bond acceptors (Lipinski definition) is 5. The zero-order valence-corrected chi connectivity index (χ0v) is 12.9. The van der Waals surface area contributed by atoms with Crippen molar-refractivity contribution in [2.45, 2.75) is 24.9 Å². The number of benzene rings is 1. The summed E-state index contributed by atoms with van der Waals surface area (Å²) in [6.07, 6.45) is 3.44. The molecule has 7 nitrogen and oxygen atoms in total. The number of rotatable bonds is 3. The molecule has 2 aliphatic rings. The summed E-state index contributed by atoms with van der Waals surface area (Å²) in [6, 6.07) is 7.84. The molecule has 1 aromatic carbocycles. The Bertz CT molecular complexity index is 742. The molecule has 1 saturated heterocycles. The first-order valence-electron chi connectivity index (χ1n) is 7.76. The molecule has 2 aromatic rings. The predicted octanol–water partition coefficient (Wildman–Crippen LogP) is 0.901. The zero-order chi connectivity index (χ0) is 15.8. The van der Waals surface area contributed by atoms with Crippen molar-refractivity contribution in [3.8, 4) is 5.75 Å². The van der Waals surface area contributed by atoms with Crippen LogP contribution in [-0.2, 0) is 18.3 Å². The second kappa shape index (κ2) is 5.68. The number of hydrazine groups is 1. The number of amides is 1. The van der Waals surface area contributed by atoms with E-state index in [-0.39, 0.29) is 18.0 Å². The minimum Gasteiger partial charge on any atom is -0.493 e. The van der Waals surface area contributed by atoms with Crippen molar-refractivity contribution < 1.29 is 9.53 Å². The summed E-state index contributed by atoms with van der Waals surface area (Å²) >= 11 is 0. The van der Waals surface area contributed by atoms with Gasteiger partial charge < -0.3 is 10.1 Å². The average Bonchev–Trinajstić information content (AvgIpc) is 3.26. The molecule has 1 fully saturated rings. The van der Waals surface area contributed by atoms with Crippen LogP contribution in [0.5, 0.6) is 5.75 Å². The van der Waals surface area contributed by atoms with E-state index < -0.39 is 0 Å². The number of aryl methyl sites for hydroxylation is 1. The second-order valence-corrected chi connectivity index (χ2v) is 5.96. The maximum Gasteiger partial charge on any atom is 0.244 e. The fourth-order valence-electron chi connectivity index (χ4n) is 3.07. The molecule has 1 amide bonds. The number of carbonyl (C=O) groups is 1. The minimum atomic E-state index is -0.286. The van der Waals surface area contributed by atoms with Crippen molar-refractivity contribution in [2.75, 3.05) is 11.9 Å². The van der Waals surface area contributed by atoms with E-state index >= 15 is 0 Å². The van der Waals surface area contributed by atoms with Gasteiger partial charge >= 0.3 is 0 Å². The molecule has 3 heterocycles. The van der Waals surface area contributed by atoms with E-state index in [0.717, 1.165) is 18.8 Å². The molecule has 120 valence electrons. The summed E-state index contributed by atoms with van der Waals surface area (Å²) in [5.74, 6) is 1.46. The standard InChI is InChI=1S/C16H19N5O2/c1-21-6-4-15(20-21)17-16(22)13-9-12(18-19-13)10-2-3-14-11(8-10)5-7-23-14/h2-4,6,8,12-13,18-19H,5,7,9H2,1H3,(H,17,20,22). The van der Waals surface area contributed by atoms with Gasteiger partial charge in [0.05, 0.1) is 6.61 Å². The first-order valence-corrected chi connectivity index (χ1v) is 7.76. The van der Waals surface area contributed by atoms with Crippen LogP contribution in [-0.4, -0.2) is 28.3 Å². The monoisotopic (exact) mass is 313 g/mol. The Balaban J connectivity index is 1.41. The molecule has 0 spiro atoms. The van der Waals surface area contributed by atoms with Crippen molar-refractivity contribution in [1.29, 1.82) is 0 Å². The van der Waals surface area contributed by atoms with Crippen molar-refractivity contribution in [3.05, 3.63) is 41.6 Å². The number of hydrogen-bond donors (Lipinski definition) is 3. The lowest BCUT2D eigenvalue weighted by molar-refractivity contribution is -0.117. The average molecular weight is 313 g/mol. The summed E-state index contributed by atoms with van der Waals surface area (Å²) in [6.45, 7) is 0.754. The van der Waals surface area contributed by atoms with Crippen molar-refractivity contribution in [2.24, 2.45) is 7.05 Å². The Labute approximate surface area is 134 Å². The third-order valence-corrected chi connectivity index (χ3v) is 4.30. The summed E-state index contributed by atoms with van der Waals surface area (Å²) in [5.41, 5.74) is 8.70. The maximum atomic E-state index is 12.3. The lowest BCUT2D eigenvalue weighted by Crippen LogP contribution is -2.39. The minimum absolute atomic E-state index is 0.0804. The van der Waals surface area contributed by atoms with Gasteiger partial charge in [0.15, 0.2) is 5.82 Å². The topological polar surface area (TPSA) is 80.2 Å². The van der Waals surface area contributed by atoms with Gasteiger partial charge in [0, 0.05) is 31.8 Å². The van der Waals surface area contributed by atoms with Crippen LogP contribution >= 0.6 is 0 Å². The van der Waals surface area contributed by atoms with Crippen LogP contribution < -0.4 is 20.9 Å². The zero-order valence-electron chi connectivity index (χ0n) is 12.9. The van der Waals surface area contributed by atoms with Gasteiger partial charge in [-0.1, -0.05) is 12.1 Å². The van der Waals surface area contributed by atoms with Gasteiger partial charge in [0.1, 0.15) is 11.8 Å². The Morgan fingerprint density at radius 3 is 3.13 bits per heavy atom. The highest BCUT2D eigenvalue weighted by molar-refractivity contribution is 5.94. The highest BCUT2D eigenvalue weighted by atomic mass is 16.5. The normalized spacial score (nSPS) is 22.7. The van der Waals surface area contributed by atoms with Gasteiger partial charge in [-0.3, -0.25) is 9.48 Å². The first kappa shape index (κ1) is 14.2. The van der Waals surface area contributed by atoms with Crippen LogP contribution in [0, 0.1) is 0 Å². The van der Waals surface area contributed by atoms with E-state index in [1.807, 2.05) is 13.1 Å². The number of fused-ring (bicyclic) bond motifs is 1. The smallest absolute Gasteiger partial charge is 0.244 e. The van der Waals surface area contributed by atoms with Crippen LogP contribution in [0.15, 0.2) is 30.5 Å². The van der Waals surface area contributed by atoms with Gasteiger partial charge in [-0.05, 0) is 23.6 Å². The number of carbonyl (C=O) groups excluding carboxylic acids is 1. The van der Waals surface area contributed by atoms with Crippen molar-refractivity contribution in [1.82, 2.24) is 20.6 Å². The van der Waals surface area contributed by atoms with Gasteiger partial charge in [-0.15, -0.1) is 0 Å². The lowest BCUT2D eigenvalue weighted by atomic mass is 9.99. The molecule has 23 heavy (non-hydrogen) atoms. The molecule has 0 radical (unpaired) electrons. The van der Waals surface area contributed by atoms with Crippen molar-refractivity contribution in [3.63, 3.8) is 0 Å². The Morgan fingerprint density at radius 1 is 1.39 bits per heavy atom. The molecule has 0 saturated carbocycles.